The van der Waals surface area contributed by atoms with E-state index in [9.17, 15) is 13.2 Å². The summed E-state index contributed by atoms with van der Waals surface area (Å²) in [6, 6.07) is 12.8. The molecule has 23 heavy (non-hydrogen) atoms. The Morgan fingerprint density at radius 2 is 1.78 bits per heavy atom. The van der Waals surface area contributed by atoms with Crippen LogP contribution in [0.4, 0.5) is 5.69 Å². The second-order valence-electron chi connectivity index (χ2n) is 4.63. The summed E-state index contributed by atoms with van der Waals surface area (Å²) in [6.45, 7) is 3.44. The van der Waals surface area contributed by atoms with Gasteiger partial charge in [-0.15, -0.1) is 0 Å². The molecule has 5 nitrogen and oxygen atoms in total. The summed E-state index contributed by atoms with van der Waals surface area (Å²) in [5, 5.41) is 3.04. The third-order valence-electron chi connectivity index (χ3n) is 3.03. The van der Waals surface area contributed by atoms with E-state index >= 15 is 0 Å². The van der Waals surface area contributed by atoms with Gasteiger partial charge in [-0.2, -0.15) is 0 Å². The first-order valence-corrected chi connectivity index (χ1v) is 8.55. The molecule has 1 amide bonds. The molecule has 0 aliphatic heterocycles. The van der Waals surface area contributed by atoms with E-state index in [1.165, 1.54) is 24.3 Å². The zero-order valence-electron chi connectivity index (χ0n) is 12.1. The number of sulfonamides is 1. The average molecular weight is 351 g/mol. The zero-order chi connectivity index (χ0) is 16.9. The van der Waals surface area contributed by atoms with Crippen molar-refractivity contribution < 1.29 is 13.2 Å². The predicted molar refractivity (Wildman–Crippen MR) is 90.7 cm³/mol. The first-order valence-electron chi connectivity index (χ1n) is 6.69. The lowest BCUT2D eigenvalue weighted by Crippen LogP contribution is -2.23. The summed E-state index contributed by atoms with van der Waals surface area (Å²) in [4.78, 5) is 11.3. The molecule has 0 heterocycles. The number of anilines is 1. The van der Waals surface area contributed by atoms with Crippen LogP contribution in [-0.2, 0) is 21.4 Å². The van der Waals surface area contributed by atoms with Gasteiger partial charge in [0.05, 0.1) is 4.90 Å². The second kappa shape index (κ2) is 7.41. The van der Waals surface area contributed by atoms with Gasteiger partial charge in [-0.1, -0.05) is 36.4 Å². The molecule has 0 aliphatic carbocycles. The van der Waals surface area contributed by atoms with Crippen LogP contribution < -0.4 is 10.0 Å². The maximum absolute atomic E-state index is 12.2. The average Bonchev–Trinajstić information content (AvgIpc) is 2.54. The van der Waals surface area contributed by atoms with Crippen molar-refractivity contribution in [3.8, 4) is 0 Å². The zero-order valence-corrected chi connectivity index (χ0v) is 13.7. The van der Waals surface area contributed by atoms with Crippen LogP contribution in [-0.4, -0.2) is 14.3 Å². The standard InChI is InChI=1S/C16H15ClN2O3S/c1-2-16(20)19-13-7-9-14(10-8-13)23(21,22)18-11-12-5-3-4-6-15(12)17/h2-10,18H,1,11H2,(H,19,20). The van der Waals surface area contributed by atoms with Crippen molar-refractivity contribution in [2.75, 3.05) is 5.32 Å². The third kappa shape index (κ3) is 4.66. The molecule has 2 N–H and O–H groups in total. The van der Waals surface area contributed by atoms with Crippen molar-refractivity contribution in [1.82, 2.24) is 4.72 Å². The van der Waals surface area contributed by atoms with Crippen LogP contribution in [0.25, 0.3) is 0 Å². The SMILES string of the molecule is C=CC(=O)Nc1ccc(S(=O)(=O)NCc2ccccc2Cl)cc1. The Labute approximate surface area is 140 Å². The van der Waals surface area contributed by atoms with Crippen LogP contribution in [0.5, 0.6) is 0 Å². The Hall–Kier alpha value is -2.15. The van der Waals surface area contributed by atoms with E-state index in [1.807, 2.05) is 0 Å². The van der Waals surface area contributed by atoms with Crippen LogP contribution >= 0.6 is 11.6 Å². The van der Waals surface area contributed by atoms with Gasteiger partial charge >= 0.3 is 0 Å². The normalized spacial score (nSPS) is 11.0. The largest absolute Gasteiger partial charge is 0.323 e. The fourth-order valence-electron chi connectivity index (χ4n) is 1.81. The molecule has 0 radical (unpaired) electrons. The van der Waals surface area contributed by atoms with Gasteiger partial charge in [0.1, 0.15) is 0 Å². The highest BCUT2D eigenvalue weighted by Crippen LogP contribution is 2.17. The van der Waals surface area contributed by atoms with E-state index in [0.29, 0.717) is 16.3 Å². The number of hydrogen-bond donors (Lipinski definition) is 2. The molecule has 120 valence electrons. The Kier molecular flexibility index (Phi) is 5.54. The molecule has 0 saturated carbocycles. The lowest BCUT2D eigenvalue weighted by molar-refractivity contribution is -0.111. The number of benzene rings is 2. The summed E-state index contributed by atoms with van der Waals surface area (Å²) in [6.07, 6.45) is 1.13. The number of halogens is 1. The molecule has 2 rings (SSSR count). The summed E-state index contributed by atoms with van der Waals surface area (Å²) in [5.74, 6) is -0.363. The highest BCUT2D eigenvalue weighted by molar-refractivity contribution is 7.89. The van der Waals surface area contributed by atoms with E-state index in [1.54, 1.807) is 24.3 Å². The predicted octanol–water partition coefficient (Wildman–Crippen LogP) is 2.94. The summed E-state index contributed by atoms with van der Waals surface area (Å²) >= 11 is 6.00. The number of carbonyl (C=O) groups is 1. The number of hydrogen-bond acceptors (Lipinski definition) is 3. The van der Waals surface area contributed by atoms with E-state index in [2.05, 4.69) is 16.6 Å². The highest BCUT2D eigenvalue weighted by Gasteiger charge is 2.14. The van der Waals surface area contributed by atoms with Gasteiger partial charge in [0.25, 0.3) is 0 Å². The molecule has 7 heteroatoms. The molecular formula is C16H15ClN2O3S. The van der Waals surface area contributed by atoms with E-state index in [-0.39, 0.29) is 17.3 Å². The quantitative estimate of drug-likeness (QED) is 0.786. The Balaban J connectivity index is 2.09. The smallest absolute Gasteiger partial charge is 0.247 e. The van der Waals surface area contributed by atoms with Crippen molar-refractivity contribution in [3.05, 3.63) is 71.8 Å². The van der Waals surface area contributed by atoms with Gasteiger partial charge < -0.3 is 5.32 Å². The molecule has 0 atom stereocenters. The Morgan fingerprint density at radius 1 is 1.13 bits per heavy atom. The lowest BCUT2D eigenvalue weighted by Gasteiger charge is -2.09. The maximum atomic E-state index is 12.2. The molecule has 2 aromatic rings. The highest BCUT2D eigenvalue weighted by atomic mass is 35.5. The van der Waals surface area contributed by atoms with E-state index < -0.39 is 10.0 Å². The minimum absolute atomic E-state index is 0.0942. The number of nitrogens with one attached hydrogen (secondary N) is 2. The summed E-state index contributed by atoms with van der Waals surface area (Å²) < 4.78 is 27.0. The fraction of sp³-hybridized carbons (Fsp3) is 0.0625. The molecule has 0 aliphatic rings. The van der Waals surface area contributed by atoms with Crippen molar-refractivity contribution in [2.45, 2.75) is 11.4 Å². The first-order chi connectivity index (χ1) is 10.9. The van der Waals surface area contributed by atoms with Crippen LogP contribution in [0.1, 0.15) is 5.56 Å². The second-order valence-corrected chi connectivity index (χ2v) is 6.81. The van der Waals surface area contributed by atoms with Gasteiger partial charge in [0.15, 0.2) is 0 Å². The first kappa shape index (κ1) is 17.2. The Morgan fingerprint density at radius 3 is 2.39 bits per heavy atom. The Bertz CT molecular complexity index is 817. The minimum Gasteiger partial charge on any atom is -0.323 e. The summed E-state index contributed by atoms with van der Waals surface area (Å²) in [5.41, 5.74) is 1.17. The van der Waals surface area contributed by atoms with Crippen molar-refractivity contribution in [1.29, 1.82) is 0 Å². The molecule has 0 spiro atoms. The molecular weight excluding hydrogens is 336 g/mol. The monoisotopic (exact) mass is 350 g/mol. The lowest BCUT2D eigenvalue weighted by atomic mass is 10.2. The number of rotatable bonds is 6. The summed E-state index contributed by atoms with van der Waals surface area (Å²) in [7, 11) is -3.67. The third-order valence-corrected chi connectivity index (χ3v) is 4.81. The van der Waals surface area contributed by atoms with Crippen LogP contribution in [0.3, 0.4) is 0 Å². The van der Waals surface area contributed by atoms with E-state index in [0.717, 1.165) is 6.08 Å². The van der Waals surface area contributed by atoms with Crippen molar-refractivity contribution in [3.63, 3.8) is 0 Å². The minimum atomic E-state index is -3.67. The van der Waals surface area contributed by atoms with Crippen molar-refractivity contribution >= 4 is 33.2 Å². The van der Waals surface area contributed by atoms with Gasteiger partial charge in [-0.3, -0.25) is 4.79 Å². The fourth-order valence-corrected chi connectivity index (χ4v) is 3.02. The number of amides is 1. The van der Waals surface area contributed by atoms with Crippen LogP contribution in [0, 0.1) is 0 Å². The van der Waals surface area contributed by atoms with E-state index in [4.69, 9.17) is 11.6 Å². The number of carbonyl (C=O) groups excluding carboxylic acids is 1. The maximum Gasteiger partial charge on any atom is 0.247 e. The topological polar surface area (TPSA) is 75.3 Å². The van der Waals surface area contributed by atoms with Gasteiger partial charge in [0, 0.05) is 17.3 Å². The van der Waals surface area contributed by atoms with Crippen LogP contribution in [0.2, 0.25) is 5.02 Å². The molecule has 0 fully saturated rings. The molecule has 0 unspecified atom stereocenters. The molecule has 0 saturated heterocycles. The van der Waals surface area contributed by atoms with Crippen molar-refractivity contribution in [2.24, 2.45) is 0 Å². The molecule has 2 aromatic carbocycles. The van der Waals surface area contributed by atoms with Gasteiger partial charge in [-0.25, -0.2) is 13.1 Å². The van der Waals surface area contributed by atoms with Gasteiger partial charge in [-0.05, 0) is 42.0 Å². The molecule has 0 bridgehead atoms. The van der Waals surface area contributed by atoms with Crippen LogP contribution in [0.15, 0.2) is 66.1 Å². The van der Waals surface area contributed by atoms with Gasteiger partial charge in [0.2, 0.25) is 15.9 Å². The molecule has 0 aromatic heterocycles.